The number of nitrogens with one attached hydrogen (secondary N) is 2. The van der Waals surface area contributed by atoms with Crippen LogP contribution in [0.1, 0.15) is 32.3 Å². The summed E-state index contributed by atoms with van der Waals surface area (Å²) < 4.78 is 1.15. The van der Waals surface area contributed by atoms with Gasteiger partial charge in [0.25, 0.3) is 0 Å². The van der Waals surface area contributed by atoms with Crippen LogP contribution < -0.4 is 10.6 Å². The number of hydrogen-bond donors (Lipinski definition) is 2. The van der Waals surface area contributed by atoms with Crippen molar-refractivity contribution in [3.63, 3.8) is 0 Å². The predicted molar refractivity (Wildman–Crippen MR) is 113 cm³/mol. The highest BCUT2D eigenvalue weighted by atomic mass is 127. The van der Waals surface area contributed by atoms with Crippen LogP contribution in [0.2, 0.25) is 0 Å². The molecule has 0 aliphatic rings. The Labute approximate surface area is 166 Å². The van der Waals surface area contributed by atoms with Crippen molar-refractivity contribution in [3.8, 4) is 0 Å². The van der Waals surface area contributed by atoms with Gasteiger partial charge >= 0.3 is 0 Å². The molecule has 2 amide bonds. The number of benzene rings is 2. The third kappa shape index (κ3) is 6.04. The maximum absolute atomic E-state index is 12.4. The Balaban J connectivity index is 2.04. The molecular weight excluding hydrogens is 447 g/mol. The molecule has 0 aliphatic carbocycles. The van der Waals surface area contributed by atoms with Crippen LogP contribution in [0.4, 0.5) is 11.4 Å². The highest BCUT2D eigenvalue weighted by Crippen LogP contribution is 2.29. The van der Waals surface area contributed by atoms with E-state index in [1.54, 1.807) is 0 Å². The molecule has 25 heavy (non-hydrogen) atoms. The number of carbonyl (C=O) groups excluding carboxylic acids is 2. The molecule has 0 radical (unpaired) electrons. The first-order valence-corrected chi connectivity index (χ1v) is 10.0. The second-order valence-corrected chi connectivity index (χ2v) is 8.16. The number of para-hydroxylation sites is 1. The number of thioether (sulfide) groups is 1. The minimum atomic E-state index is -0.127. The van der Waals surface area contributed by atoms with Crippen LogP contribution in [0.15, 0.2) is 47.4 Å². The number of hydrogen-bond acceptors (Lipinski definition) is 3. The Bertz CT molecular complexity index is 778. The van der Waals surface area contributed by atoms with Gasteiger partial charge in [-0.1, -0.05) is 26.0 Å². The van der Waals surface area contributed by atoms with Gasteiger partial charge in [0, 0.05) is 21.1 Å². The van der Waals surface area contributed by atoms with E-state index in [0.29, 0.717) is 5.92 Å². The summed E-state index contributed by atoms with van der Waals surface area (Å²) >= 11 is 3.68. The zero-order valence-corrected chi connectivity index (χ0v) is 17.4. The molecule has 6 heteroatoms. The van der Waals surface area contributed by atoms with E-state index in [-0.39, 0.29) is 17.6 Å². The summed E-state index contributed by atoms with van der Waals surface area (Å²) in [7, 11) is 0. The minimum Gasteiger partial charge on any atom is -0.325 e. The highest BCUT2D eigenvalue weighted by Gasteiger charge is 2.12. The second kappa shape index (κ2) is 9.24. The zero-order valence-electron chi connectivity index (χ0n) is 14.4. The van der Waals surface area contributed by atoms with E-state index in [0.717, 1.165) is 25.4 Å². The van der Waals surface area contributed by atoms with Crippen LogP contribution >= 0.6 is 34.4 Å². The molecule has 132 valence electrons. The van der Waals surface area contributed by atoms with Crippen molar-refractivity contribution in [3.05, 3.63) is 51.6 Å². The van der Waals surface area contributed by atoms with Crippen LogP contribution in [0.3, 0.4) is 0 Å². The summed E-state index contributed by atoms with van der Waals surface area (Å²) in [5.41, 5.74) is 2.71. The molecule has 4 nitrogen and oxygen atoms in total. The lowest BCUT2D eigenvalue weighted by molar-refractivity contribution is -0.114. The molecule has 2 rings (SSSR count). The van der Waals surface area contributed by atoms with Crippen molar-refractivity contribution >= 4 is 57.5 Å². The molecule has 2 aromatic carbocycles. The minimum absolute atomic E-state index is 0.0641. The molecule has 0 unspecified atom stereocenters. The summed E-state index contributed by atoms with van der Waals surface area (Å²) in [6.45, 7) is 5.69. The van der Waals surface area contributed by atoms with Crippen molar-refractivity contribution < 1.29 is 9.59 Å². The largest absolute Gasteiger partial charge is 0.325 e. The number of rotatable bonds is 6. The molecule has 0 saturated heterocycles. The first-order valence-electron chi connectivity index (χ1n) is 7.95. The lowest BCUT2D eigenvalue weighted by Gasteiger charge is -2.15. The normalized spacial score (nSPS) is 10.6. The number of amides is 2. The Morgan fingerprint density at radius 2 is 1.80 bits per heavy atom. The summed E-state index contributed by atoms with van der Waals surface area (Å²) in [5.74, 6) is 0.419. The van der Waals surface area contributed by atoms with Crippen molar-refractivity contribution in [1.82, 2.24) is 0 Å². The van der Waals surface area contributed by atoms with Crippen molar-refractivity contribution in [2.45, 2.75) is 31.6 Å². The second-order valence-electron chi connectivity index (χ2n) is 5.90. The van der Waals surface area contributed by atoms with E-state index in [4.69, 9.17) is 0 Å². The van der Waals surface area contributed by atoms with Crippen molar-refractivity contribution in [2.75, 3.05) is 16.4 Å². The maximum atomic E-state index is 12.4. The first-order chi connectivity index (χ1) is 11.9. The van der Waals surface area contributed by atoms with Gasteiger partial charge in [-0.05, 0) is 64.4 Å². The van der Waals surface area contributed by atoms with Gasteiger partial charge in [0.1, 0.15) is 0 Å². The third-order valence-electron chi connectivity index (χ3n) is 3.47. The standard InChI is InChI=1S/C19H21IN2O2S/c1-12(2)15-10-14(20)8-9-16(15)22-19(24)11-25-18-7-5-4-6-17(18)21-13(3)23/h4-10,12H,11H2,1-3H3,(H,21,23)(H,22,24). The quantitative estimate of drug-likeness (QED) is 0.458. The summed E-state index contributed by atoms with van der Waals surface area (Å²) in [6.07, 6.45) is 0. The van der Waals surface area contributed by atoms with Gasteiger partial charge in [-0.15, -0.1) is 11.8 Å². The van der Waals surface area contributed by atoms with Crippen molar-refractivity contribution in [1.29, 1.82) is 0 Å². The van der Waals surface area contributed by atoms with Gasteiger partial charge in [-0.2, -0.15) is 0 Å². The van der Waals surface area contributed by atoms with Crippen LogP contribution in [-0.4, -0.2) is 17.6 Å². The van der Waals surface area contributed by atoms with Gasteiger partial charge in [-0.3, -0.25) is 9.59 Å². The number of carbonyl (C=O) groups is 2. The molecule has 0 saturated carbocycles. The Morgan fingerprint density at radius 3 is 2.48 bits per heavy atom. The molecular formula is C19H21IN2O2S. The highest BCUT2D eigenvalue weighted by molar-refractivity contribution is 14.1. The SMILES string of the molecule is CC(=O)Nc1ccccc1SCC(=O)Nc1ccc(I)cc1C(C)C. The molecule has 0 aliphatic heterocycles. The van der Waals surface area contributed by atoms with Gasteiger partial charge in [0.15, 0.2) is 0 Å². The smallest absolute Gasteiger partial charge is 0.234 e. The van der Waals surface area contributed by atoms with Crippen LogP contribution in [-0.2, 0) is 9.59 Å². The van der Waals surface area contributed by atoms with Crippen LogP contribution in [0, 0.1) is 3.57 Å². The summed E-state index contributed by atoms with van der Waals surface area (Å²) in [6, 6.07) is 13.5. The first kappa shape index (κ1) is 19.8. The van der Waals surface area contributed by atoms with E-state index < -0.39 is 0 Å². The monoisotopic (exact) mass is 468 g/mol. The van der Waals surface area contributed by atoms with Gasteiger partial charge in [-0.25, -0.2) is 0 Å². The third-order valence-corrected chi connectivity index (χ3v) is 5.21. The lowest BCUT2D eigenvalue weighted by Crippen LogP contribution is -2.16. The average Bonchev–Trinajstić information content (AvgIpc) is 2.55. The van der Waals surface area contributed by atoms with Crippen LogP contribution in [0.5, 0.6) is 0 Å². The van der Waals surface area contributed by atoms with Crippen LogP contribution in [0.25, 0.3) is 0 Å². The zero-order chi connectivity index (χ0) is 18.4. The summed E-state index contributed by atoms with van der Waals surface area (Å²) in [4.78, 5) is 24.5. The molecule has 0 atom stereocenters. The Hall–Kier alpha value is -1.54. The van der Waals surface area contributed by atoms with Crippen molar-refractivity contribution in [2.24, 2.45) is 0 Å². The topological polar surface area (TPSA) is 58.2 Å². The molecule has 0 spiro atoms. The molecule has 0 aromatic heterocycles. The lowest BCUT2D eigenvalue weighted by atomic mass is 10.0. The fourth-order valence-electron chi connectivity index (χ4n) is 2.34. The molecule has 2 N–H and O–H groups in total. The van der Waals surface area contributed by atoms with E-state index >= 15 is 0 Å². The molecule has 2 aromatic rings. The van der Waals surface area contributed by atoms with E-state index in [1.165, 1.54) is 18.7 Å². The maximum Gasteiger partial charge on any atom is 0.234 e. The van der Waals surface area contributed by atoms with Gasteiger partial charge in [0.2, 0.25) is 11.8 Å². The van der Waals surface area contributed by atoms with E-state index in [9.17, 15) is 9.59 Å². The molecule has 0 fully saturated rings. The fraction of sp³-hybridized carbons (Fsp3) is 0.263. The van der Waals surface area contributed by atoms with Gasteiger partial charge < -0.3 is 10.6 Å². The predicted octanol–water partition coefficient (Wildman–Crippen LogP) is 5.10. The Kier molecular flexibility index (Phi) is 7.31. The van der Waals surface area contributed by atoms with Gasteiger partial charge in [0.05, 0.1) is 11.4 Å². The molecule has 0 heterocycles. The number of anilines is 2. The van der Waals surface area contributed by atoms with E-state index in [2.05, 4.69) is 53.1 Å². The fourth-order valence-corrected chi connectivity index (χ4v) is 3.66. The number of halogens is 1. The molecule has 0 bridgehead atoms. The Morgan fingerprint density at radius 1 is 1.08 bits per heavy atom. The average molecular weight is 468 g/mol. The summed E-state index contributed by atoms with van der Waals surface area (Å²) in [5, 5.41) is 5.78. The van der Waals surface area contributed by atoms with E-state index in [1.807, 2.05) is 36.4 Å².